The third-order valence-electron chi connectivity index (χ3n) is 7.11. The second-order valence-electron chi connectivity index (χ2n) is 8.69. The summed E-state index contributed by atoms with van der Waals surface area (Å²) in [6.45, 7) is 13.6. The predicted octanol–water partition coefficient (Wildman–Crippen LogP) is 7.50. The number of fused-ring (bicyclic) bond motifs is 3. The number of allylic oxidation sites excluding steroid dienone is 1. The zero-order chi connectivity index (χ0) is 21.3. The van der Waals surface area contributed by atoms with Crippen LogP contribution in [0.4, 0.5) is 0 Å². The maximum absolute atomic E-state index is 4.60. The molecular formula is C29H34N+. The third kappa shape index (κ3) is 3.21. The Morgan fingerprint density at radius 2 is 1.67 bits per heavy atom. The Hall–Kier alpha value is -2.67. The lowest BCUT2D eigenvalue weighted by molar-refractivity contribution is -0.741. The molecule has 2 aromatic carbocycles. The molecule has 0 radical (unpaired) electrons. The number of unbranched alkanes of at least 4 members (excludes halogenated alkanes) is 1. The van der Waals surface area contributed by atoms with Gasteiger partial charge in [-0.25, -0.2) is 0 Å². The molecule has 1 aromatic heterocycles. The molecule has 0 fully saturated rings. The molecule has 0 aliphatic carbocycles. The van der Waals surface area contributed by atoms with Crippen molar-refractivity contribution in [2.24, 2.45) is 0 Å². The molecule has 4 rings (SSSR count). The van der Waals surface area contributed by atoms with Crippen molar-refractivity contribution in [3.05, 3.63) is 84.1 Å². The topological polar surface area (TPSA) is 3.88 Å². The maximum Gasteiger partial charge on any atom is 0.213 e. The Bertz CT molecular complexity index is 1090. The number of nitrogens with zero attached hydrogens (tertiary/aromatic N) is 1. The summed E-state index contributed by atoms with van der Waals surface area (Å²) in [5, 5.41) is 0. The van der Waals surface area contributed by atoms with Crippen LogP contribution in [0.15, 0.2) is 67.4 Å². The number of benzene rings is 2. The van der Waals surface area contributed by atoms with E-state index in [1.807, 2.05) is 0 Å². The highest BCUT2D eigenvalue weighted by Gasteiger charge is 2.46. The Labute approximate surface area is 182 Å². The fourth-order valence-electron chi connectivity index (χ4n) is 5.15. The standard InChI is InChI=1S/C29H34N/c1-6-9-12-23-15-14-21(4)26(19-23)24-16-17-25-22(5)29(7-2,8-3)30-18-11-10-13-28(30)27(25)20-24/h10-11,13-20H,5-9,12H2,1-4H3/q+1. The summed E-state index contributed by atoms with van der Waals surface area (Å²) in [5.41, 5.74) is 10.5. The largest absolute Gasteiger partial charge is 0.213 e. The monoisotopic (exact) mass is 396 g/mol. The van der Waals surface area contributed by atoms with E-state index in [1.54, 1.807) is 0 Å². The SMILES string of the molecule is C=C1c2ccc(-c3cc(CCCC)ccc3C)cc2-c2cccc[n+]2C1(CC)CC. The molecule has 30 heavy (non-hydrogen) atoms. The quantitative estimate of drug-likeness (QED) is 0.380. The van der Waals surface area contributed by atoms with Crippen molar-refractivity contribution in [1.29, 1.82) is 0 Å². The minimum atomic E-state index is -0.0406. The fraction of sp³-hybridized carbons (Fsp3) is 0.345. The van der Waals surface area contributed by atoms with Gasteiger partial charge in [0.05, 0.1) is 5.56 Å². The molecule has 3 aromatic rings. The lowest BCUT2D eigenvalue weighted by Crippen LogP contribution is -2.59. The van der Waals surface area contributed by atoms with Gasteiger partial charge in [0.2, 0.25) is 5.69 Å². The lowest BCUT2D eigenvalue weighted by Gasteiger charge is -2.35. The molecule has 0 amide bonds. The molecule has 0 N–H and O–H groups in total. The third-order valence-corrected chi connectivity index (χ3v) is 7.11. The number of aromatic nitrogens is 1. The Balaban J connectivity index is 1.88. The smallest absolute Gasteiger partial charge is 0.189 e. The zero-order valence-electron chi connectivity index (χ0n) is 19.0. The van der Waals surface area contributed by atoms with Crippen molar-refractivity contribution >= 4 is 5.57 Å². The van der Waals surface area contributed by atoms with Crippen molar-refractivity contribution < 1.29 is 4.57 Å². The molecule has 0 saturated heterocycles. The summed E-state index contributed by atoms with van der Waals surface area (Å²) in [7, 11) is 0. The average molecular weight is 397 g/mol. The minimum absolute atomic E-state index is 0.0406. The van der Waals surface area contributed by atoms with Crippen molar-refractivity contribution in [3.8, 4) is 22.4 Å². The van der Waals surface area contributed by atoms with Crippen LogP contribution in [0.5, 0.6) is 0 Å². The summed E-state index contributed by atoms with van der Waals surface area (Å²) < 4.78 is 2.46. The Morgan fingerprint density at radius 1 is 0.867 bits per heavy atom. The van der Waals surface area contributed by atoms with Gasteiger partial charge in [-0.3, -0.25) is 0 Å². The van der Waals surface area contributed by atoms with Crippen LogP contribution in [0.25, 0.3) is 28.0 Å². The van der Waals surface area contributed by atoms with Crippen LogP contribution in [0.1, 0.15) is 63.1 Å². The number of rotatable bonds is 6. The first kappa shape index (κ1) is 20.6. The second kappa shape index (κ2) is 8.22. The lowest BCUT2D eigenvalue weighted by atomic mass is 9.75. The van der Waals surface area contributed by atoms with E-state index in [2.05, 4.69) is 99.6 Å². The first-order valence-corrected chi connectivity index (χ1v) is 11.5. The van der Waals surface area contributed by atoms with E-state index in [1.165, 1.54) is 57.5 Å². The molecule has 1 nitrogen and oxygen atoms in total. The summed E-state index contributed by atoms with van der Waals surface area (Å²) in [4.78, 5) is 0. The van der Waals surface area contributed by atoms with E-state index in [0.717, 1.165) is 19.3 Å². The minimum Gasteiger partial charge on any atom is -0.189 e. The highest BCUT2D eigenvalue weighted by molar-refractivity contribution is 5.86. The van der Waals surface area contributed by atoms with Gasteiger partial charge in [-0.15, -0.1) is 0 Å². The van der Waals surface area contributed by atoms with Gasteiger partial charge < -0.3 is 0 Å². The summed E-state index contributed by atoms with van der Waals surface area (Å²) in [5.74, 6) is 0. The number of hydrogen-bond acceptors (Lipinski definition) is 0. The van der Waals surface area contributed by atoms with Gasteiger partial charge >= 0.3 is 0 Å². The fourth-order valence-corrected chi connectivity index (χ4v) is 5.15. The normalized spacial score (nSPS) is 14.3. The summed E-state index contributed by atoms with van der Waals surface area (Å²) in [6, 6.07) is 20.5. The number of hydrogen-bond donors (Lipinski definition) is 0. The molecular weight excluding hydrogens is 362 g/mol. The van der Waals surface area contributed by atoms with E-state index in [9.17, 15) is 0 Å². The zero-order valence-corrected chi connectivity index (χ0v) is 19.0. The maximum atomic E-state index is 4.60. The van der Waals surface area contributed by atoms with Crippen LogP contribution in [-0.2, 0) is 12.0 Å². The van der Waals surface area contributed by atoms with E-state index >= 15 is 0 Å². The summed E-state index contributed by atoms with van der Waals surface area (Å²) >= 11 is 0. The Morgan fingerprint density at radius 3 is 2.40 bits per heavy atom. The van der Waals surface area contributed by atoms with E-state index < -0.39 is 0 Å². The molecule has 1 aliphatic rings. The van der Waals surface area contributed by atoms with Crippen LogP contribution < -0.4 is 4.57 Å². The van der Waals surface area contributed by atoms with E-state index in [0.29, 0.717) is 0 Å². The van der Waals surface area contributed by atoms with Crippen molar-refractivity contribution in [2.45, 2.75) is 65.3 Å². The highest BCUT2D eigenvalue weighted by Crippen LogP contribution is 2.44. The van der Waals surface area contributed by atoms with Gasteiger partial charge in [0.15, 0.2) is 11.7 Å². The van der Waals surface area contributed by atoms with Crippen LogP contribution in [0, 0.1) is 6.92 Å². The molecule has 0 saturated carbocycles. The molecule has 0 unspecified atom stereocenters. The van der Waals surface area contributed by atoms with Crippen molar-refractivity contribution in [3.63, 3.8) is 0 Å². The Kier molecular flexibility index (Phi) is 5.64. The average Bonchev–Trinajstić information content (AvgIpc) is 2.79. The van der Waals surface area contributed by atoms with E-state index in [4.69, 9.17) is 0 Å². The highest BCUT2D eigenvalue weighted by atomic mass is 15.1. The number of pyridine rings is 1. The van der Waals surface area contributed by atoms with Crippen LogP contribution in [0.3, 0.4) is 0 Å². The molecule has 0 atom stereocenters. The van der Waals surface area contributed by atoms with Gasteiger partial charge in [0.1, 0.15) is 0 Å². The van der Waals surface area contributed by atoms with Gasteiger partial charge in [-0.05, 0) is 59.7 Å². The second-order valence-corrected chi connectivity index (χ2v) is 8.69. The van der Waals surface area contributed by atoms with Crippen LogP contribution in [-0.4, -0.2) is 0 Å². The van der Waals surface area contributed by atoms with Crippen molar-refractivity contribution in [2.75, 3.05) is 0 Å². The molecule has 0 bridgehead atoms. The number of aryl methyl sites for hydroxylation is 2. The summed E-state index contributed by atoms with van der Waals surface area (Å²) in [6.07, 6.45) is 7.95. The molecule has 2 heterocycles. The van der Waals surface area contributed by atoms with Crippen molar-refractivity contribution in [1.82, 2.24) is 0 Å². The van der Waals surface area contributed by atoms with E-state index in [-0.39, 0.29) is 5.54 Å². The first-order valence-electron chi connectivity index (χ1n) is 11.5. The van der Waals surface area contributed by atoms with Gasteiger partial charge in [-0.1, -0.05) is 64.1 Å². The van der Waals surface area contributed by atoms with Gasteiger partial charge in [0, 0.05) is 30.5 Å². The first-order chi connectivity index (χ1) is 14.6. The van der Waals surface area contributed by atoms with Crippen LogP contribution >= 0.6 is 0 Å². The molecule has 1 heteroatoms. The molecule has 0 spiro atoms. The molecule has 154 valence electrons. The van der Waals surface area contributed by atoms with Gasteiger partial charge in [-0.2, -0.15) is 4.57 Å². The van der Waals surface area contributed by atoms with Gasteiger partial charge in [0.25, 0.3) is 0 Å². The van der Waals surface area contributed by atoms with Crippen LogP contribution in [0.2, 0.25) is 0 Å². The molecule has 1 aliphatic heterocycles. The predicted molar refractivity (Wildman–Crippen MR) is 128 cm³/mol.